The summed E-state index contributed by atoms with van der Waals surface area (Å²) in [6.45, 7) is 2.01. The fourth-order valence-corrected chi connectivity index (χ4v) is 5.02. The number of aliphatic carboxylic acids is 1. The maximum absolute atomic E-state index is 12.6. The van der Waals surface area contributed by atoms with E-state index in [1.54, 1.807) is 4.90 Å². The number of aryl methyl sites for hydroxylation is 1. The zero-order valence-corrected chi connectivity index (χ0v) is 19.7. The molecule has 2 heterocycles. The van der Waals surface area contributed by atoms with Crippen LogP contribution in [0.1, 0.15) is 36.2 Å². The Balaban J connectivity index is 1.70. The van der Waals surface area contributed by atoms with Crippen molar-refractivity contribution in [2.45, 2.75) is 38.1 Å². The predicted octanol–water partition coefficient (Wildman–Crippen LogP) is 5.34. The summed E-state index contributed by atoms with van der Waals surface area (Å²) < 4.78 is 7.09. The van der Waals surface area contributed by atoms with E-state index in [0.29, 0.717) is 5.82 Å². The summed E-state index contributed by atoms with van der Waals surface area (Å²) in [5.74, 6) is -0.965. The van der Waals surface area contributed by atoms with E-state index >= 15 is 0 Å². The topological polar surface area (TPSA) is 84.7 Å². The summed E-state index contributed by atoms with van der Waals surface area (Å²) in [4.78, 5) is 31.6. The highest BCUT2D eigenvalue weighted by molar-refractivity contribution is 5.95. The number of anilines is 1. The van der Waals surface area contributed by atoms with Crippen molar-refractivity contribution in [3.8, 4) is 5.69 Å². The Morgan fingerprint density at radius 2 is 1.74 bits per heavy atom. The zero-order chi connectivity index (χ0) is 24.5. The molecule has 7 nitrogen and oxygen atoms in total. The molecule has 7 heteroatoms. The summed E-state index contributed by atoms with van der Waals surface area (Å²) in [6, 6.07) is 23.0. The number of carbonyl (C=O) groups excluding carboxylic acids is 1. The van der Waals surface area contributed by atoms with Crippen LogP contribution in [0.4, 0.5) is 10.5 Å². The van der Waals surface area contributed by atoms with Crippen molar-refractivity contribution in [3.05, 3.63) is 89.7 Å². The van der Waals surface area contributed by atoms with Gasteiger partial charge in [0.05, 0.1) is 29.7 Å². The van der Waals surface area contributed by atoms with Crippen molar-refractivity contribution in [1.82, 2.24) is 9.55 Å². The zero-order valence-electron chi connectivity index (χ0n) is 19.7. The van der Waals surface area contributed by atoms with Gasteiger partial charge in [-0.15, -0.1) is 0 Å². The molecule has 1 N–H and O–H groups in total. The van der Waals surface area contributed by atoms with Gasteiger partial charge in [-0.1, -0.05) is 48.5 Å². The van der Waals surface area contributed by atoms with E-state index in [2.05, 4.69) is 0 Å². The molecule has 0 saturated heterocycles. The summed E-state index contributed by atoms with van der Waals surface area (Å²) in [5.41, 5.74) is 5.11. The molecule has 178 valence electrons. The molecule has 4 aromatic rings. The number of fused-ring (bicyclic) bond motifs is 3. The number of ether oxygens (including phenoxy) is 1. The van der Waals surface area contributed by atoms with Crippen molar-refractivity contribution >= 4 is 28.8 Å². The van der Waals surface area contributed by atoms with E-state index < -0.39 is 18.0 Å². The molecule has 1 aliphatic rings. The van der Waals surface area contributed by atoms with E-state index in [0.717, 1.165) is 46.4 Å². The second-order valence-corrected chi connectivity index (χ2v) is 8.86. The number of nitrogens with zero attached hydrogens (tertiary/aromatic N) is 3. The van der Waals surface area contributed by atoms with Gasteiger partial charge in [-0.25, -0.2) is 9.78 Å². The highest BCUT2D eigenvalue weighted by Gasteiger charge is 2.32. The number of benzene rings is 3. The molecule has 0 spiro atoms. The maximum Gasteiger partial charge on any atom is 0.414 e. The number of aromatic nitrogens is 2. The van der Waals surface area contributed by atoms with Gasteiger partial charge in [0.1, 0.15) is 5.82 Å². The van der Waals surface area contributed by atoms with Gasteiger partial charge in [0, 0.05) is 23.7 Å². The van der Waals surface area contributed by atoms with E-state index in [-0.39, 0.29) is 12.5 Å². The van der Waals surface area contributed by atoms with E-state index in [1.165, 1.54) is 7.11 Å². The molecule has 0 radical (unpaired) electrons. The Morgan fingerprint density at radius 3 is 2.40 bits per heavy atom. The quantitative estimate of drug-likeness (QED) is 0.426. The number of carbonyl (C=O) groups is 2. The smallest absolute Gasteiger partial charge is 0.414 e. The third kappa shape index (κ3) is 4.03. The molecular formula is C28H27N3O4. The highest BCUT2D eigenvalue weighted by atomic mass is 16.5. The molecule has 1 aromatic heterocycles. The minimum absolute atomic E-state index is 0.0116. The van der Waals surface area contributed by atoms with Gasteiger partial charge in [-0.3, -0.25) is 14.3 Å². The van der Waals surface area contributed by atoms with Crippen molar-refractivity contribution in [2.75, 3.05) is 12.0 Å². The molecule has 3 aromatic carbocycles. The summed E-state index contributed by atoms with van der Waals surface area (Å²) in [6.07, 6.45) is 1.40. The van der Waals surface area contributed by atoms with Crippen LogP contribution in [0.15, 0.2) is 72.8 Å². The number of para-hydroxylation sites is 1. The van der Waals surface area contributed by atoms with Gasteiger partial charge < -0.3 is 9.84 Å². The van der Waals surface area contributed by atoms with Gasteiger partial charge >= 0.3 is 12.1 Å². The summed E-state index contributed by atoms with van der Waals surface area (Å²) in [7, 11) is 1.39. The van der Waals surface area contributed by atoms with Crippen LogP contribution in [0, 0.1) is 0 Å². The number of rotatable bonds is 5. The molecule has 0 bridgehead atoms. The van der Waals surface area contributed by atoms with Crippen LogP contribution in [-0.2, 0) is 22.4 Å². The van der Waals surface area contributed by atoms with Crippen LogP contribution in [0.25, 0.3) is 16.7 Å². The van der Waals surface area contributed by atoms with Crippen LogP contribution in [0.2, 0.25) is 0 Å². The number of carboxylic acids is 1. The second kappa shape index (κ2) is 9.25. The average Bonchev–Trinajstić information content (AvgIpc) is 3.26. The van der Waals surface area contributed by atoms with Crippen LogP contribution in [0.3, 0.4) is 0 Å². The number of hydrogen-bond donors (Lipinski definition) is 1. The second-order valence-electron chi connectivity index (χ2n) is 8.86. The highest BCUT2D eigenvalue weighted by Crippen LogP contribution is 2.38. The molecule has 1 amide bonds. The lowest BCUT2D eigenvalue weighted by Gasteiger charge is -2.34. The number of methoxy groups -OCH3 is 1. The van der Waals surface area contributed by atoms with Crippen molar-refractivity contribution in [1.29, 1.82) is 0 Å². The van der Waals surface area contributed by atoms with Crippen molar-refractivity contribution in [2.24, 2.45) is 0 Å². The van der Waals surface area contributed by atoms with Crippen LogP contribution >= 0.6 is 0 Å². The van der Waals surface area contributed by atoms with Gasteiger partial charge in [-0.2, -0.15) is 0 Å². The molecule has 0 aliphatic carbocycles. The maximum atomic E-state index is 12.6. The first-order chi connectivity index (χ1) is 17.0. The molecular weight excluding hydrogens is 442 g/mol. The number of carboxylic acid groups (broad SMARTS) is 1. The lowest BCUT2D eigenvalue weighted by Crippen LogP contribution is -2.42. The van der Waals surface area contributed by atoms with E-state index in [4.69, 9.17) is 9.72 Å². The monoisotopic (exact) mass is 469 g/mol. The number of hydrogen-bond acceptors (Lipinski definition) is 4. The summed E-state index contributed by atoms with van der Waals surface area (Å²) in [5, 5.41) is 10.1. The van der Waals surface area contributed by atoms with Crippen molar-refractivity contribution in [3.63, 3.8) is 0 Å². The Bertz CT molecular complexity index is 1380. The Hall–Kier alpha value is -4.13. The lowest BCUT2D eigenvalue weighted by molar-refractivity contribution is -0.138. The molecule has 0 fully saturated rings. The lowest BCUT2D eigenvalue weighted by atomic mass is 9.95. The van der Waals surface area contributed by atoms with Gasteiger partial charge in [0.2, 0.25) is 0 Å². The standard InChI is InChI=1S/C28H27N3O4/c1-18-13-14-21-23(30(18)28(34)35-2)15-16-24-26(21)29-25(31(24)20-11-7-4-8-12-20)17-22(27(32)33)19-9-5-3-6-10-19/h3-12,15-16,18,22H,13-14,17H2,1-2H3,(H,32,33). The first-order valence-corrected chi connectivity index (χ1v) is 11.7. The fraction of sp³-hybridized carbons (Fsp3) is 0.250. The Kier molecular flexibility index (Phi) is 5.99. The molecule has 5 rings (SSSR count). The molecule has 1 aliphatic heterocycles. The van der Waals surface area contributed by atoms with Crippen LogP contribution < -0.4 is 4.90 Å². The first kappa shape index (κ1) is 22.7. The van der Waals surface area contributed by atoms with Crippen molar-refractivity contribution < 1.29 is 19.4 Å². The molecule has 2 unspecified atom stereocenters. The van der Waals surface area contributed by atoms with Gasteiger partial charge in [0.15, 0.2) is 0 Å². The molecule has 0 saturated carbocycles. The van der Waals surface area contributed by atoms with E-state index in [1.807, 2.05) is 84.3 Å². The first-order valence-electron chi connectivity index (χ1n) is 11.7. The predicted molar refractivity (Wildman–Crippen MR) is 134 cm³/mol. The SMILES string of the molecule is COC(=O)N1c2ccc3c(nc(CC(C(=O)O)c4ccccc4)n3-c3ccccc3)c2CCC1C. The van der Waals surface area contributed by atoms with Crippen LogP contribution in [0.5, 0.6) is 0 Å². The molecule has 35 heavy (non-hydrogen) atoms. The third-order valence-corrected chi connectivity index (χ3v) is 6.76. The number of amides is 1. The normalized spacial score (nSPS) is 16.1. The van der Waals surface area contributed by atoms with Crippen LogP contribution in [-0.4, -0.2) is 39.9 Å². The largest absolute Gasteiger partial charge is 0.481 e. The molecule has 2 atom stereocenters. The minimum atomic E-state index is -0.893. The number of imidazole rings is 1. The Morgan fingerprint density at radius 1 is 1.06 bits per heavy atom. The summed E-state index contributed by atoms with van der Waals surface area (Å²) >= 11 is 0. The average molecular weight is 470 g/mol. The fourth-order valence-electron chi connectivity index (χ4n) is 5.02. The van der Waals surface area contributed by atoms with Gasteiger partial charge in [-0.05, 0) is 49.6 Å². The minimum Gasteiger partial charge on any atom is -0.481 e. The van der Waals surface area contributed by atoms with E-state index in [9.17, 15) is 14.7 Å². The Labute approximate surface area is 203 Å². The third-order valence-electron chi connectivity index (χ3n) is 6.76. The van der Waals surface area contributed by atoms with Gasteiger partial charge in [0.25, 0.3) is 0 Å².